The van der Waals surface area contributed by atoms with E-state index in [-0.39, 0.29) is 10.8 Å². The Labute approximate surface area is 77.4 Å². The van der Waals surface area contributed by atoms with Crippen LogP contribution in [0, 0.1) is 18.2 Å². The molecule has 0 fully saturated rings. The van der Waals surface area contributed by atoms with Crippen molar-refractivity contribution in [1.82, 2.24) is 0 Å². The fraction of sp³-hybridized carbons (Fsp3) is 0.200. The van der Waals surface area contributed by atoms with E-state index in [0.29, 0.717) is 5.56 Å². The molecular weight excluding hydrogens is 175 g/mol. The van der Waals surface area contributed by atoms with E-state index in [2.05, 4.69) is 5.92 Å². The van der Waals surface area contributed by atoms with Gasteiger partial charge in [0.05, 0.1) is 5.02 Å². The zero-order chi connectivity index (χ0) is 9.56. The van der Waals surface area contributed by atoms with Gasteiger partial charge in [-0.1, -0.05) is 31.4 Å². The highest BCUT2D eigenvalue weighted by Gasteiger charge is 1.96. The van der Waals surface area contributed by atoms with Crippen LogP contribution in [0.15, 0.2) is 18.2 Å². The average molecular weight is 185 g/mol. The first-order valence-corrected chi connectivity index (χ1v) is 4.03. The zero-order valence-corrected chi connectivity index (χ0v) is 7.82. The molecule has 0 saturated carbocycles. The highest BCUT2D eigenvalue weighted by Crippen LogP contribution is 2.15. The van der Waals surface area contributed by atoms with Crippen LogP contribution in [0.2, 0.25) is 5.02 Å². The molecule has 0 aliphatic rings. The molecule has 0 amide bonds. The molecule has 1 aromatic rings. The van der Waals surface area contributed by atoms with Crippen molar-refractivity contribution in [1.29, 1.82) is 0 Å². The Morgan fingerprint density at radius 1 is 1.42 bits per heavy atom. The minimum Gasteiger partial charge on any atom is -0.207 e. The molecule has 0 aromatic heterocycles. The standard InChI is InChI=1S/C8H4ClF.C2H6/c1-2-6-3-4-7(10)5-8(6)9;1-2/h1,3-5H;1-2H3. The summed E-state index contributed by atoms with van der Waals surface area (Å²) in [6.45, 7) is 4.00. The van der Waals surface area contributed by atoms with Crippen molar-refractivity contribution in [3.8, 4) is 12.3 Å². The third kappa shape index (κ3) is 2.94. The molecule has 0 N–H and O–H groups in total. The molecule has 12 heavy (non-hydrogen) atoms. The number of benzene rings is 1. The molecule has 0 unspecified atom stereocenters. The molecule has 0 aliphatic carbocycles. The molecule has 0 saturated heterocycles. The van der Waals surface area contributed by atoms with E-state index in [9.17, 15) is 4.39 Å². The summed E-state index contributed by atoms with van der Waals surface area (Å²) in [7, 11) is 0. The van der Waals surface area contributed by atoms with Crippen LogP contribution >= 0.6 is 11.6 Å². The van der Waals surface area contributed by atoms with Crippen molar-refractivity contribution in [2.45, 2.75) is 13.8 Å². The minimum absolute atomic E-state index is 0.280. The summed E-state index contributed by atoms with van der Waals surface area (Å²) in [5.41, 5.74) is 0.517. The van der Waals surface area contributed by atoms with Crippen LogP contribution in [0.5, 0.6) is 0 Å². The van der Waals surface area contributed by atoms with Gasteiger partial charge in [0.2, 0.25) is 0 Å². The average Bonchev–Trinajstić information content (AvgIpc) is 2.08. The van der Waals surface area contributed by atoms with Gasteiger partial charge in [0.25, 0.3) is 0 Å². The highest BCUT2D eigenvalue weighted by molar-refractivity contribution is 6.31. The van der Waals surface area contributed by atoms with Crippen LogP contribution in [-0.2, 0) is 0 Å². The summed E-state index contributed by atoms with van der Waals surface area (Å²) in [6.07, 6.45) is 5.04. The van der Waals surface area contributed by atoms with Crippen molar-refractivity contribution < 1.29 is 4.39 Å². The largest absolute Gasteiger partial charge is 0.207 e. The van der Waals surface area contributed by atoms with E-state index in [0.717, 1.165) is 0 Å². The summed E-state index contributed by atoms with van der Waals surface area (Å²) in [5.74, 6) is 1.95. The lowest BCUT2D eigenvalue weighted by Gasteiger charge is -1.93. The van der Waals surface area contributed by atoms with Crippen molar-refractivity contribution in [2.75, 3.05) is 0 Å². The third-order valence-electron chi connectivity index (χ3n) is 1.09. The van der Waals surface area contributed by atoms with Crippen LogP contribution in [0.4, 0.5) is 4.39 Å². The SMILES string of the molecule is C#Cc1ccc(F)cc1Cl.CC. The summed E-state index contributed by atoms with van der Waals surface area (Å²) >= 11 is 5.55. The van der Waals surface area contributed by atoms with Crippen LogP contribution < -0.4 is 0 Å². The lowest BCUT2D eigenvalue weighted by molar-refractivity contribution is 0.628. The molecule has 1 aromatic carbocycles. The van der Waals surface area contributed by atoms with E-state index >= 15 is 0 Å². The monoisotopic (exact) mass is 184 g/mol. The Balaban J connectivity index is 0.000000561. The maximum atomic E-state index is 12.3. The quantitative estimate of drug-likeness (QED) is 0.542. The molecule has 0 nitrogen and oxygen atoms in total. The Bertz CT molecular complexity index is 286. The fourth-order valence-corrected chi connectivity index (χ4v) is 0.828. The number of terminal acetylenes is 1. The number of hydrogen-bond donors (Lipinski definition) is 0. The second-order valence-corrected chi connectivity index (χ2v) is 2.18. The summed E-state index contributed by atoms with van der Waals surface area (Å²) in [5, 5.41) is 0.280. The second-order valence-electron chi connectivity index (χ2n) is 1.77. The summed E-state index contributed by atoms with van der Waals surface area (Å²) in [4.78, 5) is 0. The van der Waals surface area contributed by atoms with Gasteiger partial charge in [-0.25, -0.2) is 4.39 Å². The van der Waals surface area contributed by atoms with Crippen molar-refractivity contribution >= 4 is 11.6 Å². The van der Waals surface area contributed by atoms with Gasteiger partial charge in [-0.3, -0.25) is 0 Å². The highest BCUT2D eigenvalue weighted by atomic mass is 35.5. The molecule has 0 bridgehead atoms. The Morgan fingerprint density at radius 3 is 2.42 bits per heavy atom. The molecule has 64 valence electrons. The Hall–Kier alpha value is -1.00. The molecular formula is C10H10ClF. The molecule has 0 radical (unpaired) electrons. The lowest BCUT2D eigenvalue weighted by atomic mass is 10.2. The van der Waals surface area contributed by atoms with E-state index < -0.39 is 0 Å². The minimum atomic E-state index is -0.371. The van der Waals surface area contributed by atoms with Gasteiger partial charge in [0.15, 0.2) is 0 Å². The van der Waals surface area contributed by atoms with Crippen LogP contribution in [0.1, 0.15) is 19.4 Å². The smallest absolute Gasteiger partial charge is 0.124 e. The number of halogens is 2. The normalized spacial score (nSPS) is 7.92. The maximum Gasteiger partial charge on any atom is 0.124 e. The Kier molecular flexibility index (Phi) is 5.16. The van der Waals surface area contributed by atoms with E-state index in [1.165, 1.54) is 18.2 Å². The van der Waals surface area contributed by atoms with Crippen molar-refractivity contribution in [2.24, 2.45) is 0 Å². The lowest BCUT2D eigenvalue weighted by Crippen LogP contribution is -1.78. The van der Waals surface area contributed by atoms with Crippen LogP contribution in [0.3, 0.4) is 0 Å². The van der Waals surface area contributed by atoms with E-state index in [4.69, 9.17) is 18.0 Å². The van der Waals surface area contributed by atoms with Crippen LogP contribution in [-0.4, -0.2) is 0 Å². The van der Waals surface area contributed by atoms with E-state index in [1.807, 2.05) is 13.8 Å². The first-order valence-electron chi connectivity index (χ1n) is 3.65. The Morgan fingerprint density at radius 2 is 2.00 bits per heavy atom. The fourth-order valence-electron chi connectivity index (χ4n) is 0.607. The molecule has 0 atom stereocenters. The zero-order valence-electron chi connectivity index (χ0n) is 7.07. The van der Waals surface area contributed by atoms with Gasteiger partial charge in [0, 0.05) is 5.56 Å². The molecule has 0 aliphatic heterocycles. The van der Waals surface area contributed by atoms with Gasteiger partial charge in [-0.2, -0.15) is 0 Å². The van der Waals surface area contributed by atoms with Crippen molar-refractivity contribution in [3.63, 3.8) is 0 Å². The van der Waals surface area contributed by atoms with Crippen molar-refractivity contribution in [3.05, 3.63) is 34.6 Å². The molecule has 0 spiro atoms. The van der Waals surface area contributed by atoms with Gasteiger partial charge >= 0.3 is 0 Å². The predicted molar refractivity (Wildman–Crippen MR) is 50.7 cm³/mol. The topological polar surface area (TPSA) is 0 Å². The molecule has 2 heteroatoms. The summed E-state index contributed by atoms with van der Waals surface area (Å²) in [6, 6.07) is 3.94. The van der Waals surface area contributed by atoms with Gasteiger partial charge in [0.1, 0.15) is 5.82 Å². The van der Waals surface area contributed by atoms with Gasteiger partial charge in [-0.05, 0) is 18.2 Å². The summed E-state index contributed by atoms with van der Waals surface area (Å²) < 4.78 is 12.3. The predicted octanol–water partition coefficient (Wildman–Crippen LogP) is 3.49. The molecule has 0 heterocycles. The van der Waals surface area contributed by atoms with Crippen LogP contribution in [0.25, 0.3) is 0 Å². The van der Waals surface area contributed by atoms with E-state index in [1.54, 1.807) is 0 Å². The number of rotatable bonds is 0. The van der Waals surface area contributed by atoms with Gasteiger partial charge in [-0.15, -0.1) is 6.42 Å². The first kappa shape index (κ1) is 11.0. The first-order chi connectivity index (χ1) is 5.74. The third-order valence-corrected chi connectivity index (χ3v) is 1.40. The second kappa shape index (κ2) is 5.62. The molecule has 1 rings (SSSR count). The number of hydrogen-bond acceptors (Lipinski definition) is 0. The maximum absolute atomic E-state index is 12.3. The van der Waals surface area contributed by atoms with Gasteiger partial charge < -0.3 is 0 Å².